The van der Waals surface area contributed by atoms with Crippen LogP contribution in [0.15, 0.2) is 51.8 Å². The second-order valence-corrected chi connectivity index (χ2v) is 8.46. The normalized spacial score (nSPS) is 11.4. The van der Waals surface area contributed by atoms with Gasteiger partial charge in [-0.3, -0.25) is 14.9 Å². The van der Waals surface area contributed by atoms with Crippen molar-refractivity contribution >= 4 is 38.1 Å². The molecule has 152 valence electrons. The van der Waals surface area contributed by atoms with Gasteiger partial charge in [-0.05, 0) is 25.1 Å². The number of nitrogens with one attached hydrogen (secondary N) is 2. The highest BCUT2D eigenvalue weighted by Gasteiger charge is 2.19. The zero-order valence-corrected chi connectivity index (χ0v) is 16.6. The number of carbonyl (C=O) groups excluding carboxylic acids is 1. The third-order valence-electron chi connectivity index (χ3n) is 4.37. The molecule has 0 aliphatic carbocycles. The number of nitrogens with zero attached hydrogens (tertiary/aromatic N) is 1. The van der Waals surface area contributed by atoms with Crippen molar-refractivity contribution in [3.63, 3.8) is 0 Å². The number of nitro groups is 1. The van der Waals surface area contributed by atoms with Crippen molar-refractivity contribution in [3.05, 3.63) is 63.9 Å². The van der Waals surface area contributed by atoms with E-state index in [1.54, 1.807) is 13.0 Å². The lowest BCUT2D eigenvalue weighted by atomic mass is 10.1. The number of fused-ring (bicyclic) bond motifs is 1. The number of hydrogen-bond acceptors (Lipinski definition) is 7. The fourth-order valence-electron chi connectivity index (χ4n) is 2.89. The monoisotopic (exact) mass is 417 g/mol. The van der Waals surface area contributed by atoms with E-state index in [2.05, 4.69) is 10.6 Å². The molecule has 3 aromatic rings. The number of para-hydroxylation sites is 1. The van der Waals surface area contributed by atoms with Gasteiger partial charge in [0.15, 0.2) is 15.6 Å². The van der Waals surface area contributed by atoms with E-state index in [0.717, 1.165) is 23.3 Å². The average Bonchev–Trinajstić information content (AvgIpc) is 3.01. The molecular formula is C19H19N3O6S. The van der Waals surface area contributed by atoms with E-state index in [9.17, 15) is 23.3 Å². The molecule has 9 nitrogen and oxygen atoms in total. The summed E-state index contributed by atoms with van der Waals surface area (Å²) in [6.07, 6.45) is 0.981. The van der Waals surface area contributed by atoms with Crippen LogP contribution < -0.4 is 10.6 Å². The van der Waals surface area contributed by atoms with Gasteiger partial charge >= 0.3 is 0 Å². The largest absolute Gasteiger partial charge is 0.451 e. The fourth-order valence-corrected chi connectivity index (χ4v) is 3.53. The van der Waals surface area contributed by atoms with Crippen molar-refractivity contribution in [3.8, 4) is 0 Å². The second-order valence-electron chi connectivity index (χ2n) is 6.44. The van der Waals surface area contributed by atoms with E-state index >= 15 is 0 Å². The van der Waals surface area contributed by atoms with Crippen LogP contribution in [0.25, 0.3) is 11.0 Å². The van der Waals surface area contributed by atoms with Gasteiger partial charge in [-0.15, -0.1) is 0 Å². The van der Waals surface area contributed by atoms with Gasteiger partial charge in [0.05, 0.1) is 9.82 Å². The first-order valence-electron chi connectivity index (χ1n) is 8.67. The highest BCUT2D eigenvalue weighted by molar-refractivity contribution is 7.90. The number of carbonyl (C=O) groups is 1. The summed E-state index contributed by atoms with van der Waals surface area (Å²) < 4.78 is 28.8. The van der Waals surface area contributed by atoms with Crippen LogP contribution >= 0.6 is 0 Å². The van der Waals surface area contributed by atoms with Gasteiger partial charge < -0.3 is 15.1 Å². The average molecular weight is 417 g/mol. The Bertz CT molecular complexity index is 1200. The molecule has 3 rings (SSSR count). The summed E-state index contributed by atoms with van der Waals surface area (Å²) in [5.74, 6) is -0.169. The molecule has 0 aliphatic rings. The number of furan rings is 1. The maximum Gasteiger partial charge on any atom is 0.293 e. The van der Waals surface area contributed by atoms with E-state index in [-0.39, 0.29) is 41.0 Å². The van der Waals surface area contributed by atoms with E-state index in [1.807, 2.05) is 18.2 Å². The Morgan fingerprint density at radius 2 is 1.90 bits per heavy atom. The maximum absolute atomic E-state index is 12.4. The number of hydrogen-bond donors (Lipinski definition) is 2. The van der Waals surface area contributed by atoms with Crippen LogP contribution in [-0.2, 0) is 9.84 Å². The number of anilines is 1. The predicted molar refractivity (Wildman–Crippen MR) is 108 cm³/mol. The molecule has 10 heteroatoms. The lowest BCUT2D eigenvalue weighted by Gasteiger charge is -2.09. The highest BCUT2D eigenvalue weighted by Crippen LogP contribution is 2.27. The van der Waals surface area contributed by atoms with Gasteiger partial charge in [0.1, 0.15) is 11.3 Å². The molecule has 0 saturated carbocycles. The molecule has 1 aromatic heterocycles. The summed E-state index contributed by atoms with van der Waals surface area (Å²) in [4.78, 5) is 22.8. The number of rotatable bonds is 7. The quantitative estimate of drug-likeness (QED) is 0.343. The Balaban J connectivity index is 1.65. The number of nitro benzene ring substituents is 1. The van der Waals surface area contributed by atoms with E-state index in [1.165, 1.54) is 12.1 Å². The van der Waals surface area contributed by atoms with Gasteiger partial charge in [0.2, 0.25) is 0 Å². The first-order valence-corrected chi connectivity index (χ1v) is 10.6. The van der Waals surface area contributed by atoms with Crippen LogP contribution in [0.5, 0.6) is 0 Å². The minimum atomic E-state index is -3.56. The Labute approximate surface area is 166 Å². The Morgan fingerprint density at radius 1 is 1.17 bits per heavy atom. The van der Waals surface area contributed by atoms with Crippen molar-refractivity contribution in [1.29, 1.82) is 0 Å². The van der Waals surface area contributed by atoms with Crippen LogP contribution in [0.4, 0.5) is 11.4 Å². The molecule has 0 aliphatic heterocycles. The molecule has 0 unspecified atom stereocenters. The van der Waals surface area contributed by atoms with Crippen LogP contribution in [0.2, 0.25) is 0 Å². The van der Waals surface area contributed by atoms with E-state index in [4.69, 9.17) is 4.42 Å². The SMILES string of the molecule is Cc1c(C(=O)NCCNc2ccc(S(C)(=O)=O)cc2[N+](=O)[O-])oc2ccccc12. The topological polar surface area (TPSA) is 132 Å². The highest BCUT2D eigenvalue weighted by atomic mass is 32.2. The summed E-state index contributed by atoms with van der Waals surface area (Å²) in [5, 5.41) is 17.6. The molecule has 29 heavy (non-hydrogen) atoms. The van der Waals surface area contributed by atoms with Gasteiger partial charge in [-0.2, -0.15) is 0 Å². The molecule has 0 atom stereocenters. The molecule has 0 radical (unpaired) electrons. The van der Waals surface area contributed by atoms with Crippen molar-refractivity contribution < 1.29 is 22.6 Å². The van der Waals surface area contributed by atoms with Crippen molar-refractivity contribution in [1.82, 2.24) is 5.32 Å². The summed E-state index contributed by atoms with van der Waals surface area (Å²) in [6.45, 7) is 2.18. The van der Waals surface area contributed by atoms with Crippen LogP contribution in [0, 0.1) is 17.0 Å². The minimum Gasteiger partial charge on any atom is -0.451 e. The summed E-state index contributed by atoms with van der Waals surface area (Å²) >= 11 is 0. The summed E-state index contributed by atoms with van der Waals surface area (Å²) in [6, 6.07) is 11.0. The first kappa shape index (κ1) is 20.3. The van der Waals surface area contributed by atoms with Crippen LogP contribution in [0.1, 0.15) is 16.1 Å². The zero-order valence-electron chi connectivity index (χ0n) is 15.8. The molecule has 1 heterocycles. The predicted octanol–water partition coefficient (Wildman–Crippen LogP) is 2.89. The Kier molecular flexibility index (Phi) is 5.55. The maximum atomic E-state index is 12.4. The van der Waals surface area contributed by atoms with Gasteiger partial charge in [-0.1, -0.05) is 18.2 Å². The number of benzene rings is 2. The van der Waals surface area contributed by atoms with Crippen molar-refractivity contribution in [2.45, 2.75) is 11.8 Å². The summed E-state index contributed by atoms with van der Waals surface area (Å²) in [7, 11) is -3.56. The molecule has 2 N–H and O–H groups in total. The molecule has 0 saturated heterocycles. The zero-order chi connectivity index (χ0) is 21.2. The van der Waals surface area contributed by atoms with Gasteiger partial charge in [-0.25, -0.2) is 8.42 Å². The molecule has 2 aromatic carbocycles. The number of amides is 1. The van der Waals surface area contributed by atoms with Crippen molar-refractivity contribution in [2.24, 2.45) is 0 Å². The lowest BCUT2D eigenvalue weighted by Crippen LogP contribution is -2.29. The molecule has 1 amide bonds. The smallest absolute Gasteiger partial charge is 0.293 e. The molecule has 0 bridgehead atoms. The molecular weight excluding hydrogens is 398 g/mol. The summed E-state index contributed by atoms with van der Waals surface area (Å²) in [5.41, 5.74) is 1.16. The lowest BCUT2D eigenvalue weighted by molar-refractivity contribution is -0.384. The Morgan fingerprint density at radius 3 is 2.55 bits per heavy atom. The number of aryl methyl sites for hydroxylation is 1. The van der Waals surface area contributed by atoms with Crippen molar-refractivity contribution in [2.75, 3.05) is 24.7 Å². The first-order chi connectivity index (χ1) is 13.7. The third kappa shape index (κ3) is 4.37. The van der Waals surface area contributed by atoms with E-state index in [0.29, 0.717) is 5.58 Å². The third-order valence-corrected chi connectivity index (χ3v) is 5.48. The standard InChI is InChI=1S/C19H19N3O6S/c1-12-14-5-3-4-6-17(14)28-18(12)19(23)21-10-9-20-15-8-7-13(29(2,26)27)11-16(15)22(24)25/h3-8,11,20H,9-10H2,1-2H3,(H,21,23). The fraction of sp³-hybridized carbons (Fsp3) is 0.211. The second kappa shape index (κ2) is 7.92. The molecule has 0 spiro atoms. The Hall–Kier alpha value is -3.40. The minimum absolute atomic E-state index is 0.136. The van der Waals surface area contributed by atoms with Crippen LogP contribution in [-0.4, -0.2) is 38.6 Å². The van der Waals surface area contributed by atoms with Gasteiger partial charge in [0, 0.05) is 36.4 Å². The molecule has 0 fully saturated rings. The number of sulfone groups is 1. The van der Waals surface area contributed by atoms with Crippen LogP contribution in [0.3, 0.4) is 0 Å². The van der Waals surface area contributed by atoms with Gasteiger partial charge in [0.25, 0.3) is 11.6 Å². The van der Waals surface area contributed by atoms with E-state index < -0.39 is 14.8 Å².